The van der Waals surface area contributed by atoms with Crippen molar-refractivity contribution in [1.82, 2.24) is 10.1 Å². The van der Waals surface area contributed by atoms with Gasteiger partial charge >= 0.3 is 0 Å². The fourth-order valence-electron chi connectivity index (χ4n) is 3.75. The lowest BCUT2D eigenvalue weighted by Crippen LogP contribution is -2.36. The summed E-state index contributed by atoms with van der Waals surface area (Å²) in [5, 5.41) is 4.13. The minimum atomic E-state index is -4.03. The molecule has 0 radical (unpaired) electrons. The smallest absolute Gasteiger partial charge is 0.267 e. The summed E-state index contributed by atoms with van der Waals surface area (Å²) in [6.45, 7) is 15.5. The molecule has 0 unspecified atom stereocenters. The summed E-state index contributed by atoms with van der Waals surface area (Å²) in [6, 6.07) is 6.02. The summed E-state index contributed by atoms with van der Waals surface area (Å²) in [5.41, 5.74) is 1.51. The number of amides is 1. The molecule has 8 nitrogen and oxygen atoms in total. The third kappa shape index (κ3) is 6.55. The predicted octanol–water partition coefficient (Wildman–Crippen LogP) is 5.15. The van der Waals surface area contributed by atoms with E-state index in [4.69, 9.17) is 9.26 Å². The topological polar surface area (TPSA) is 93.0 Å². The number of hydrogen-bond donors (Lipinski definition) is 0. The minimum absolute atomic E-state index is 0.0254. The normalized spacial score (nSPS) is 14.7. The fourth-order valence-corrected chi connectivity index (χ4v) is 6.93. The highest BCUT2D eigenvalue weighted by molar-refractivity contribution is 9.10. The number of ether oxygens (including phenoxy) is 1. The van der Waals surface area contributed by atoms with Crippen molar-refractivity contribution >= 4 is 45.8 Å². The number of sulfonamides is 1. The Bertz CT molecular complexity index is 1180. The molecular formula is C24H36BrN3O5SSi. The Hall–Kier alpha value is -1.69. The highest BCUT2D eigenvalue weighted by Gasteiger charge is 2.34. The number of halogens is 1. The van der Waals surface area contributed by atoms with E-state index < -0.39 is 18.1 Å². The molecule has 0 fully saturated rings. The Morgan fingerprint density at radius 1 is 1.26 bits per heavy atom. The van der Waals surface area contributed by atoms with Crippen molar-refractivity contribution in [3.05, 3.63) is 39.6 Å². The van der Waals surface area contributed by atoms with E-state index in [0.29, 0.717) is 36.4 Å². The van der Waals surface area contributed by atoms with E-state index in [2.05, 4.69) is 40.7 Å². The first-order valence-corrected chi connectivity index (χ1v) is 17.7. The van der Waals surface area contributed by atoms with Gasteiger partial charge < -0.3 is 14.2 Å². The summed E-state index contributed by atoms with van der Waals surface area (Å²) in [4.78, 5) is 13.7. The van der Waals surface area contributed by atoms with Crippen molar-refractivity contribution in [3.8, 4) is 0 Å². The summed E-state index contributed by atoms with van der Waals surface area (Å²) in [5.74, 6) is 0.686. The van der Waals surface area contributed by atoms with Gasteiger partial charge in [-0.25, -0.2) is 12.7 Å². The maximum atomic E-state index is 13.9. The van der Waals surface area contributed by atoms with E-state index in [9.17, 15) is 13.2 Å². The quantitative estimate of drug-likeness (QED) is 0.242. The fraction of sp³-hybridized carbons (Fsp3) is 0.583. The molecule has 0 spiro atoms. The van der Waals surface area contributed by atoms with Crippen molar-refractivity contribution in [3.63, 3.8) is 0 Å². The first-order valence-electron chi connectivity index (χ1n) is 11.7. The van der Waals surface area contributed by atoms with E-state index in [1.54, 1.807) is 17.0 Å². The monoisotopic (exact) mass is 585 g/mol. The van der Waals surface area contributed by atoms with Gasteiger partial charge in [0.15, 0.2) is 5.76 Å². The van der Waals surface area contributed by atoms with Gasteiger partial charge in [0.05, 0.1) is 4.90 Å². The van der Waals surface area contributed by atoms with E-state index in [-0.39, 0.29) is 28.8 Å². The molecule has 3 rings (SSSR count). The SMILES string of the molecule is CC(=O)N1CCc2ccc(S(=O)(=O)N(COCC[Si](C)(C)C)c3noc(C(C)(C)C)c3Br)cc2C1. The van der Waals surface area contributed by atoms with Gasteiger partial charge in [0, 0.05) is 40.1 Å². The van der Waals surface area contributed by atoms with E-state index in [1.807, 2.05) is 26.8 Å². The second-order valence-electron chi connectivity index (χ2n) is 11.2. The Kier molecular flexibility index (Phi) is 8.25. The molecule has 1 aromatic carbocycles. The number of carbonyl (C=O) groups excluding carboxylic acids is 1. The molecule has 1 aliphatic rings. The zero-order valence-electron chi connectivity index (χ0n) is 21.6. The zero-order chi connectivity index (χ0) is 26.2. The van der Waals surface area contributed by atoms with Crippen LogP contribution in [0, 0.1) is 0 Å². The van der Waals surface area contributed by atoms with Gasteiger partial charge in [-0.1, -0.05) is 51.6 Å². The highest BCUT2D eigenvalue weighted by atomic mass is 79.9. The van der Waals surface area contributed by atoms with Gasteiger partial charge in [0.2, 0.25) is 11.7 Å². The van der Waals surface area contributed by atoms with Gasteiger partial charge in [-0.3, -0.25) is 4.79 Å². The van der Waals surface area contributed by atoms with Crippen LogP contribution in [0.2, 0.25) is 25.7 Å². The standard InChI is InChI=1S/C24H36BrN3O5SSi/c1-17(29)27-11-10-18-8-9-20(14-19(18)15-27)34(30,31)28(16-32-12-13-35(5,6)7)23-21(25)22(33-26-23)24(2,3)4/h8-9,14H,10-13,15-16H2,1-7H3. The van der Waals surface area contributed by atoms with Crippen LogP contribution >= 0.6 is 15.9 Å². The maximum absolute atomic E-state index is 13.9. The van der Waals surface area contributed by atoms with Gasteiger partial charge in [-0.05, 0) is 51.7 Å². The molecule has 2 aromatic rings. The molecule has 0 bridgehead atoms. The van der Waals surface area contributed by atoms with Gasteiger partial charge in [-0.15, -0.1) is 0 Å². The number of benzene rings is 1. The van der Waals surface area contributed by atoms with Crippen LogP contribution in [0.15, 0.2) is 32.1 Å². The molecule has 0 atom stereocenters. The average Bonchev–Trinajstić information content (AvgIpc) is 3.13. The van der Waals surface area contributed by atoms with Gasteiger partial charge in [0.1, 0.15) is 11.2 Å². The summed E-state index contributed by atoms with van der Waals surface area (Å²) in [7, 11) is -5.38. The van der Waals surface area contributed by atoms with Crippen LogP contribution in [0.5, 0.6) is 0 Å². The molecule has 1 aromatic heterocycles. The number of carbonyl (C=O) groups is 1. The molecular weight excluding hydrogens is 550 g/mol. The number of fused-ring (bicyclic) bond motifs is 1. The lowest BCUT2D eigenvalue weighted by atomic mass is 9.93. The van der Waals surface area contributed by atoms with Crippen LogP contribution < -0.4 is 4.31 Å². The molecule has 0 N–H and O–H groups in total. The van der Waals surface area contributed by atoms with Crippen LogP contribution in [0.3, 0.4) is 0 Å². The Balaban J connectivity index is 1.99. The molecule has 11 heteroatoms. The number of nitrogens with zero attached hydrogens (tertiary/aromatic N) is 3. The van der Waals surface area contributed by atoms with Gasteiger partial charge in [0.25, 0.3) is 10.0 Å². The lowest BCUT2D eigenvalue weighted by molar-refractivity contribution is -0.129. The van der Waals surface area contributed by atoms with Crippen molar-refractivity contribution in [2.24, 2.45) is 0 Å². The minimum Gasteiger partial charge on any atom is -0.360 e. The largest absolute Gasteiger partial charge is 0.360 e. The molecule has 1 amide bonds. The summed E-state index contributed by atoms with van der Waals surface area (Å²) in [6.07, 6.45) is 0.697. The second kappa shape index (κ2) is 10.4. The molecule has 0 aliphatic carbocycles. The predicted molar refractivity (Wildman–Crippen MR) is 143 cm³/mol. The maximum Gasteiger partial charge on any atom is 0.267 e. The summed E-state index contributed by atoms with van der Waals surface area (Å²) >= 11 is 3.52. The molecule has 35 heavy (non-hydrogen) atoms. The van der Waals surface area contributed by atoms with Crippen LogP contribution in [0.25, 0.3) is 0 Å². The molecule has 0 saturated carbocycles. The Morgan fingerprint density at radius 2 is 1.94 bits per heavy atom. The van der Waals surface area contributed by atoms with Crippen LogP contribution in [0.4, 0.5) is 5.82 Å². The lowest BCUT2D eigenvalue weighted by Gasteiger charge is -2.29. The third-order valence-electron chi connectivity index (χ3n) is 5.96. The van der Waals surface area contributed by atoms with Crippen molar-refractivity contribution in [1.29, 1.82) is 0 Å². The van der Waals surface area contributed by atoms with Crippen LogP contribution in [0.1, 0.15) is 44.6 Å². The van der Waals surface area contributed by atoms with Crippen LogP contribution in [-0.2, 0) is 37.9 Å². The number of rotatable bonds is 8. The van der Waals surface area contributed by atoms with Gasteiger partial charge in [-0.2, -0.15) is 0 Å². The summed E-state index contributed by atoms with van der Waals surface area (Å²) < 4.78 is 40.9. The van der Waals surface area contributed by atoms with Crippen molar-refractivity contribution in [2.45, 2.75) is 76.7 Å². The second-order valence-corrected chi connectivity index (χ2v) is 19.5. The molecule has 2 heterocycles. The number of aromatic nitrogens is 1. The van der Waals surface area contributed by atoms with E-state index in [1.165, 1.54) is 6.92 Å². The average molecular weight is 587 g/mol. The van der Waals surface area contributed by atoms with E-state index >= 15 is 0 Å². The molecule has 0 saturated heterocycles. The highest BCUT2D eigenvalue weighted by Crippen LogP contribution is 2.38. The third-order valence-corrected chi connectivity index (χ3v) is 10.1. The van der Waals surface area contributed by atoms with Crippen molar-refractivity contribution in [2.75, 3.05) is 24.2 Å². The number of anilines is 1. The van der Waals surface area contributed by atoms with Crippen LogP contribution in [-0.4, -0.2) is 52.3 Å². The molecule has 1 aliphatic heterocycles. The first-order chi connectivity index (χ1) is 16.1. The molecule has 194 valence electrons. The Labute approximate surface area is 218 Å². The Morgan fingerprint density at radius 3 is 2.51 bits per heavy atom. The van der Waals surface area contributed by atoms with Crippen molar-refractivity contribution < 1.29 is 22.5 Å². The number of hydrogen-bond acceptors (Lipinski definition) is 6. The van der Waals surface area contributed by atoms with E-state index in [0.717, 1.165) is 21.5 Å². The first kappa shape index (κ1) is 27.9. The zero-order valence-corrected chi connectivity index (χ0v) is 25.0.